The summed E-state index contributed by atoms with van der Waals surface area (Å²) in [6.07, 6.45) is -0.536. The summed E-state index contributed by atoms with van der Waals surface area (Å²) in [6.45, 7) is 5.60. The number of carbonyl (C=O) groups is 3. The van der Waals surface area contributed by atoms with Crippen molar-refractivity contribution >= 4 is 29.5 Å². The normalized spacial score (nSPS) is 10.8. The SMILES string of the molecule is CC(C)(C)OC(=O)NCCC(=O)NCCNC(=O)c1c(F)cccc1Cl. The van der Waals surface area contributed by atoms with E-state index in [1.807, 2.05) is 0 Å². The number of carbonyl (C=O) groups excluding carboxylic acids is 3. The van der Waals surface area contributed by atoms with Crippen molar-refractivity contribution in [2.24, 2.45) is 0 Å². The molecule has 0 unspecified atom stereocenters. The fraction of sp³-hybridized carbons (Fsp3) is 0.471. The van der Waals surface area contributed by atoms with Crippen molar-refractivity contribution < 1.29 is 23.5 Å². The van der Waals surface area contributed by atoms with Crippen molar-refractivity contribution in [3.05, 3.63) is 34.6 Å². The molecule has 7 nitrogen and oxygen atoms in total. The van der Waals surface area contributed by atoms with E-state index in [9.17, 15) is 18.8 Å². The molecule has 9 heteroatoms. The fourth-order valence-electron chi connectivity index (χ4n) is 1.86. The third-order valence-electron chi connectivity index (χ3n) is 2.94. The van der Waals surface area contributed by atoms with Crippen LogP contribution in [-0.4, -0.2) is 43.1 Å². The van der Waals surface area contributed by atoms with Gasteiger partial charge >= 0.3 is 6.09 Å². The number of hydrogen-bond acceptors (Lipinski definition) is 4. The molecule has 26 heavy (non-hydrogen) atoms. The molecule has 0 aliphatic rings. The van der Waals surface area contributed by atoms with Crippen molar-refractivity contribution in [2.75, 3.05) is 19.6 Å². The van der Waals surface area contributed by atoms with Crippen molar-refractivity contribution in [2.45, 2.75) is 32.8 Å². The Balaban J connectivity index is 2.22. The molecule has 0 radical (unpaired) electrons. The highest BCUT2D eigenvalue weighted by molar-refractivity contribution is 6.33. The maximum atomic E-state index is 13.6. The van der Waals surface area contributed by atoms with Gasteiger partial charge < -0.3 is 20.7 Å². The van der Waals surface area contributed by atoms with Crippen LogP contribution >= 0.6 is 11.6 Å². The first-order chi connectivity index (χ1) is 12.1. The second-order valence-corrected chi connectivity index (χ2v) is 6.79. The van der Waals surface area contributed by atoms with Crippen LogP contribution in [0.2, 0.25) is 5.02 Å². The predicted octanol–water partition coefficient (Wildman–Crippen LogP) is 2.24. The van der Waals surface area contributed by atoms with Crippen LogP contribution < -0.4 is 16.0 Å². The molecule has 3 N–H and O–H groups in total. The molecule has 3 amide bonds. The molecule has 0 aliphatic carbocycles. The molecule has 1 aromatic carbocycles. The number of amides is 3. The minimum absolute atomic E-state index is 0.0137. The molecule has 0 bridgehead atoms. The molecule has 0 spiro atoms. The van der Waals surface area contributed by atoms with Gasteiger partial charge in [0.05, 0.1) is 10.6 Å². The van der Waals surface area contributed by atoms with E-state index < -0.39 is 23.4 Å². The maximum absolute atomic E-state index is 13.6. The molecule has 144 valence electrons. The van der Waals surface area contributed by atoms with Crippen LogP contribution in [0, 0.1) is 5.82 Å². The van der Waals surface area contributed by atoms with E-state index >= 15 is 0 Å². The summed E-state index contributed by atoms with van der Waals surface area (Å²) >= 11 is 5.80. The van der Waals surface area contributed by atoms with Crippen LogP contribution in [-0.2, 0) is 9.53 Å². The number of benzene rings is 1. The summed E-state index contributed by atoms with van der Waals surface area (Å²) in [5, 5.41) is 7.51. The molecule has 0 atom stereocenters. The van der Waals surface area contributed by atoms with E-state index in [1.54, 1.807) is 20.8 Å². The third kappa shape index (κ3) is 8.15. The van der Waals surface area contributed by atoms with Gasteiger partial charge in [0.1, 0.15) is 11.4 Å². The summed E-state index contributed by atoms with van der Waals surface area (Å²) < 4.78 is 18.6. The minimum Gasteiger partial charge on any atom is -0.444 e. The van der Waals surface area contributed by atoms with Gasteiger partial charge in [-0.1, -0.05) is 17.7 Å². The van der Waals surface area contributed by atoms with E-state index in [-0.39, 0.29) is 42.5 Å². The van der Waals surface area contributed by atoms with E-state index in [4.69, 9.17) is 16.3 Å². The average molecular weight is 388 g/mol. The van der Waals surface area contributed by atoms with Crippen LogP contribution in [0.4, 0.5) is 9.18 Å². The number of ether oxygens (including phenoxy) is 1. The Morgan fingerprint density at radius 2 is 1.73 bits per heavy atom. The molecular formula is C17H23ClFN3O4. The number of alkyl carbamates (subject to hydrolysis) is 1. The lowest BCUT2D eigenvalue weighted by atomic mass is 10.2. The highest BCUT2D eigenvalue weighted by atomic mass is 35.5. The van der Waals surface area contributed by atoms with Gasteiger partial charge in [0.15, 0.2) is 0 Å². The van der Waals surface area contributed by atoms with Gasteiger partial charge in [-0.3, -0.25) is 9.59 Å². The van der Waals surface area contributed by atoms with Crippen molar-refractivity contribution in [3.63, 3.8) is 0 Å². The van der Waals surface area contributed by atoms with Gasteiger partial charge in [-0.25, -0.2) is 9.18 Å². The molecular weight excluding hydrogens is 365 g/mol. The summed E-state index contributed by atoms with van der Waals surface area (Å²) in [5.41, 5.74) is -0.840. The summed E-state index contributed by atoms with van der Waals surface area (Å²) in [7, 11) is 0. The Morgan fingerprint density at radius 1 is 1.08 bits per heavy atom. The molecule has 0 saturated heterocycles. The fourth-order valence-corrected chi connectivity index (χ4v) is 2.11. The highest BCUT2D eigenvalue weighted by Gasteiger charge is 2.16. The van der Waals surface area contributed by atoms with Gasteiger partial charge in [-0.15, -0.1) is 0 Å². The second-order valence-electron chi connectivity index (χ2n) is 6.38. The van der Waals surface area contributed by atoms with Gasteiger partial charge in [0.2, 0.25) is 5.91 Å². The first kappa shape index (κ1) is 21.7. The first-order valence-electron chi connectivity index (χ1n) is 8.06. The zero-order chi connectivity index (χ0) is 19.7. The lowest BCUT2D eigenvalue weighted by molar-refractivity contribution is -0.120. The lowest BCUT2D eigenvalue weighted by Gasteiger charge is -2.19. The minimum atomic E-state index is -0.716. The van der Waals surface area contributed by atoms with Crippen LogP contribution in [0.1, 0.15) is 37.6 Å². The predicted molar refractivity (Wildman–Crippen MR) is 95.6 cm³/mol. The zero-order valence-corrected chi connectivity index (χ0v) is 15.7. The van der Waals surface area contributed by atoms with Gasteiger partial charge in [0.25, 0.3) is 5.91 Å². The van der Waals surface area contributed by atoms with Crippen molar-refractivity contribution in [3.8, 4) is 0 Å². The molecule has 1 rings (SSSR count). The van der Waals surface area contributed by atoms with E-state index in [1.165, 1.54) is 12.1 Å². The topological polar surface area (TPSA) is 96.5 Å². The van der Waals surface area contributed by atoms with Gasteiger partial charge in [-0.05, 0) is 32.9 Å². The number of rotatable bonds is 7. The van der Waals surface area contributed by atoms with E-state index in [0.717, 1.165) is 6.07 Å². The first-order valence-corrected chi connectivity index (χ1v) is 8.43. The zero-order valence-electron chi connectivity index (χ0n) is 14.9. The molecule has 0 saturated carbocycles. The van der Waals surface area contributed by atoms with Crippen molar-refractivity contribution in [1.29, 1.82) is 0 Å². The third-order valence-corrected chi connectivity index (χ3v) is 3.26. The Labute approximate surface area is 156 Å². The monoisotopic (exact) mass is 387 g/mol. The standard InChI is InChI=1S/C17H23ClFN3O4/c1-17(2,3)26-16(25)22-8-7-13(23)20-9-10-21-15(24)14-11(18)5-4-6-12(14)19/h4-6H,7-10H2,1-3H3,(H,20,23)(H,21,24)(H,22,25). The van der Waals surface area contributed by atoms with E-state index in [0.29, 0.717) is 0 Å². The molecule has 0 fully saturated rings. The summed E-state index contributed by atoms with van der Waals surface area (Å²) in [6, 6.07) is 3.96. The van der Waals surface area contributed by atoms with Crippen LogP contribution in [0.15, 0.2) is 18.2 Å². The Hall–Kier alpha value is -2.35. The van der Waals surface area contributed by atoms with E-state index in [2.05, 4.69) is 16.0 Å². The summed E-state index contributed by atoms with van der Waals surface area (Å²) in [4.78, 5) is 34.9. The molecule has 1 aromatic rings. The molecule has 0 aromatic heterocycles. The number of hydrogen-bond donors (Lipinski definition) is 3. The lowest BCUT2D eigenvalue weighted by Crippen LogP contribution is -2.37. The smallest absolute Gasteiger partial charge is 0.407 e. The summed E-state index contributed by atoms with van der Waals surface area (Å²) in [5.74, 6) is -1.68. The largest absolute Gasteiger partial charge is 0.444 e. The Bertz CT molecular complexity index is 642. The van der Waals surface area contributed by atoms with Crippen LogP contribution in [0.5, 0.6) is 0 Å². The number of halogens is 2. The number of nitrogens with one attached hydrogen (secondary N) is 3. The Morgan fingerprint density at radius 3 is 2.35 bits per heavy atom. The molecule has 0 aliphatic heterocycles. The quantitative estimate of drug-likeness (QED) is 0.625. The van der Waals surface area contributed by atoms with Gasteiger partial charge in [0, 0.05) is 26.1 Å². The molecule has 0 heterocycles. The Kier molecular flexibility index (Phi) is 8.31. The van der Waals surface area contributed by atoms with Gasteiger partial charge in [-0.2, -0.15) is 0 Å². The average Bonchev–Trinajstić information content (AvgIpc) is 2.49. The van der Waals surface area contributed by atoms with Crippen LogP contribution in [0.25, 0.3) is 0 Å². The second kappa shape index (κ2) is 9.96. The van der Waals surface area contributed by atoms with Crippen molar-refractivity contribution in [1.82, 2.24) is 16.0 Å². The van der Waals surface area contributed by atoms with Crippen LogP contribution in [0.3, 0.4) is 0 Å². The maximum Gasteiger partial charge on any atom is 0.407 e. The highest BCUT2D eigenvalue weighted by Crippen LogP contribution is 2.18.